The minimum absolute atomic E-state index is 0.273. The molecule has 26 heavy (non-hydrogen) atoms. The number of nitrogens with one attached hydrogen (secondary N) is 2. The molecule has 132 valence electrons. The standard InChI is InChI=1S/C21H22N4O/c1-13-5-14(2)8-17(7-13)24-20-12-22-19(11-23-20)21(26)25-18-9-15(3)6-16(4)10-18/h5-12H,1-4H3,(H,23,24)(H,25,26). The lowest BCUT2D eigenvalue weighted by Gasteiger charge is -2.09. The number of nitrogens with zero attached hydrogens (tertiary/aromatic N) is 2. The molecule has 2 N–H and O–H groups in total. The van der Waals surface area contributed by atoms with Crippen molar-refractivity contribution in [1.82, 2.24) is 9.97 Å². The van der Waals surface area contributed by atoms with Gasteiger partial charge < -0.3 is 10.6 Å². The van der Waals surface area contributed by atoms with Gasteiger partial charge in [0.2, 0.25) is 0 Å². The Labute approximate surface area is 153 Å². The van der Waals surface area contributed by atoms with Crippen LogP contribution in [0.15, 0.2) is 48.8 Å². The van der Waals surface area contributed by atoms with E-state index in [1.807, 2.05) is 52.0 Å². The maximum absolute atomic E-state index is 12.4. The Bertz CT molecular complexity index is 908. The third kappa shape index (κ3) is 4.45. The molecule has 0 aliphatic carbocycles. The van der Waals surface area contributed by atoms with Crippen LogP contribution in [0.4, 0.5) is 17.2 Å². The first-order chi connectivity index (χ1) is 12.4. The van der Waals surface area contributed by atoms with Crippen LogP contribution in [0.2, 0.25) is 0 Å². The first-order valence-corrected chi connectivity index (χ1v) is 8.46. The number of hydrogen-bond acceptors (Lipinski definition) is 4. The van der Waals surface area contributed by atoms with Crippen molar-refractivity contribution in [2.24, 2.45) is 0 Å². The van der Waals surface area contributed by atoms with Crippen molar-refractivity contribution in [3.63, 3.8) is 0 Å². The van der Waals surface area contributed by atoms with Gasteiger partial charge in [-0.1, -0.05) is 12.1 Å². The summed E-state index contributed by atoms with van der Waals surface area (Å²) in [6, 6.07) is 12.1. The summed E-state index contributed by atoms with van der Waals surface area (Å²) >= 11 is 0. The topological polar surface area (TPSA) is 66.9 Å². The van der Waals surface area contributed by atoms with Crippen molar-refractivity contribution < 1.29 is 4.79 Å². The number of benzene rings is 2. The summed E-state index contributed by atoms with van der Waals surface area (Å²) in [6.07, 6.45) is 3.04. The molecule has 0 saturated heterocycles. The van der Waals surface area contributed by atoms with E-state index >= 15 is 0 Å². The van der Waals surface area contributed by atoms with Gasteiger partial charge in [0.1, 0.15) is 11.5 Å². The smallest absolute Gasteiger partial charge is 0.275 e. The zero-order chi connectivity index (χ0) is 18.7. The van der Waals surface area contributed by atoms with Gasteiger partial charge in [-0.3, -0.25) is 4.79 Å². The predicted molar refractivity (Wildman–Crippen MR) is 105 cm³/mol. The molecule has 3 rings (SSSR count). The SMILES string of the molecule is Cc1cc(C)cc(NC(=O)c2cnc(Nc3cc(C)cc(C)c3)cn2)c1. The highest BCUT2D eigenvalue weighted by atomic mass is 16.1. The first kappa shape index (κ1) is 17.6. The van der Waals surface area contributed by atoms with Gasteiger partial charge in [-0.05, 0) is 74.2 Å². The van der Waals surface area contributed by atoms with Crippen molar-refractivity contribution in [1.29, 1.82) is 0 Å². The van der Waals surface area contributed by atoms with Gasteiger partial charge in [0.15, 0.2) is 0 Å². The van der Waals surface area contributed by atoms with Crippen LogP contribution < -0.4 is 10.6 Å². The van der Waals surface area contributed by atoms with Crippen molar-refractivity contribution in [2.75, 3.05) is 10.6 Å². The highest BCUT2D eigenvalue weighted by Crippen LogP contribution is 2.18. The Balaban J connectivity index is 1.71. The van der Waals surface area contributed by atoms with E-state index in [9.17, 15) is 4.79 Å². The molecule has 1 aromatic heterocycles. The largest absolute Gasteiger partial charge is 0.339 e. The second kappa shape index (κ2) is 7.35. The highest BCUT2D eigenvalue weighted by molar-refractivity contribution is 6.02. The zero-order valence-electron chi connectivity index (χ0n) is 15.4. The number of carbonyl (C=O) groups is 1. The predicted octanol–water partition coefficient (Wildman–Crippen LogP) is 4.71. The molecule has 0 aliphatic heterocycles. The maximum atomic E-state index is 12.4. The number of anilines is 3. The van der Waals surface area contributed by atoms with Crippen molar-refractivity contribution >= 4 is 23.1 Å². The Hall–Kier alpha value is -3.21. The van der Waals surface area contributed by atoms with Gasteiger partial charge in [0.25, 0.3) is 5.91 Å². The molecule has 0 aliphatic rings. The van der Waals surface area contributed by atoms with Gasteiger partial charge in [0.05, 0.1) is 12.4 Å². The molecule has 1 heterocycles. The van der Waals surface area contributed by atoms with Crippen LogP contribution in [0.5, 0.6) is 0 Å². The molecule has 0 bridgehead atoms. The monoisotopic (exact) mass is 346 g/mol. The number of aryl methyl sites for hydroxylation is 4. The van der Waals surface area contributed by atoms with Crippen LogP contribution in [0.3, 0.4) is 0 Å². The van der Waals surface area contributed by atoms with E-state index in [4.69, 9.17) is 0 Å². The zero-order valence-corrected chi connectivity index (χ0v) is 15.4. The van der Waals surface area contributed by atoms with E-state index < -0.39 is 0 Å². The van der Waals surface area contributed by atoms with Crippen LogP contribution in [-0.2, 0) is 0 Å². The Morgan fingerprint density at radius 3 is 1.77 bits per heavy atom. The van der Waals surface area contributed by atoms with Crippen molar-refractivity contribution in [2.45, 2.75) is 27.7 Å². The van der Waals surface area contributed by atoms with E-state index in [1.165, 1.54) is 17.3 Å². The lowest BCUT2D eigenvalue weighted by atomic mass is 10.1. The van der Waals surface area contributed by atoms with Crippen LogP contribution >= 0.6 is 0 Å². The van der Waals surface area contributed by atoms with Crippen LogP contribution in [-0.4, -0.2) is 15.9 Å². The van der Waals surface area contributed by atoms with Crippen molar-refractivity contribution in [3.05, 3.63) is 76.7 Å². The average molecular weight is 346 g/mol. The Morgan fingerprint density at radius 1 is 0.731 bits per heavy atom. The van der Waals surface area contributed by atoms with Crippen LogP contribution in [0.25, 0.3) is 0 Å². The van der Waals surface area contributed by atoms with E-state index in [0.717, 1.165) is 22.5 Å². The average Bonchev–Trinajstić information content (AvgIpc) is 2.53. The number of aromatic nitrogens is 2. The number of hydrogen-bond donors (Lipinski definition) is 2. The molecule has 1 amide bonds. The van der Waals surface area contributed by atoms with E-state index in [0.29, 0.717) is 5.82 Å². The number of rotatable bonds is 4. The summed E-state index contributed by atoms with van der Waals surface area (Å²) in [4.78, 5) is 20.9. The minimum atomic E-state index is -0.277. The highest BCUT2D eigenvalue weighted by Gasteiger charge is 2.09. The second-order valence-corrected chi connectivity index (χ2v) is 6.62. The fourth-order valence-corrected chi connectivity index (χ4v) is 2.95. The first-order valence-electron chi connectivity index (χ1n) is 8.46. The third-order valence-electron chi connectivity index (χ3n) is 3.86. The molecule has 3 aromatic rings. The summed E-state index contributed by atoms with van der Waals surface area (Å²) in [5.74, 6) is 0.318. The summed E-state index contributed by atoms with van der Waals surface area (Å²) in [5.41, 5.74) is 6.51. The molecule has 0 unspecified atom stereocenters. The lowest BCUT2D eigenvalue weighted by Crippen LogP contribution is -2.14. The summed E-state index contributed by atoms with van der Waals surface area (Å²) in [6.45, 7) is 8.08. The quantitative estimate of drug-likeness (QED) is 0.718. The van der Waals surface area contributed by atoms with E-state index in [1.54, 1.807) is 6.20 Å². The molecule has 0 saturated carbocycles. The number of amides is 1. The molecule has 0 radical (unpaired) electrons. The Morgan fingerprint density at radius 2 is 1.27 bits per heavy atom. The van der Waals surface area contributed by atoms with E-state index in [-0.39, 0.29) is 11.6 Å². The van der Waals surface area contributed by atoms with Gasteiger partial charge in [0, 0.05) is 11.4 Å². The van der Waals surface area contributed by atoms with E-state index in [2.05, 4.69) is 32.7 Å². The maximum Gasteiger partial charge on any atom is 0.275 e. The van der Waals surface area contributed by atoms with Gasteiger partial charge >= 0.3 is 0 Å². The molecular formula is C21H22N4O. The van der Waals surface area contributed by atoms with Crippen LogP contribution in [0, 0.1) is 27.7 Å². The molecular weight excluding hydrogens is 324 g/mol. The molecule has 5 heteroatoms. The molecule has 2 aromatic carbocycles. The number of carbonyl (C=O) groups excluding carboxylic acids is 1. The summed E-state index contributed by atoms with van der Waals surface area (Å²) in [7, 11) is 0. The van der Waals surface area contributed by atoms with Gasteiger partial charge in [-0.15, -0.1) is 0 Å². The molecule has 0 atom stereocenters. The van der Waals surface area contributed by atoms with Crippen molar-refractivity contribution in [3.8, 4) is 0 Å². The molecule has 5 nitrogen and oxygen atoms in total. The second-order valence-electron chi connectivity index (χ2n) is 6.62. The Kier molecular flexibility index (Phi) is 4.98. The summed E-state index contributed by atoms with van der Waals surface area (Å²) < 4.78 is 0. The lowest BCUT2D eigenvalue weighted by molar-refractivity contribution is 0.102. The fourth-order valence-electron chi connectivity index (χ4n) is 2.95. The molecule has 0 spiro atoms. The van der Waals surface area contributed by atoms with Gasteiger partial charge in [-0.2, -0.15) is 0 Å². The fraction of sp³-hybridized carbons (Fsp3) is 0.190. The van der Waals surface area contributed by atoms with Crippen LogP contribution in [0.1, 0.15) is 32.7 Å². The normalized spacial score (nSPS) is 10.5. The summed E-state index contributed by atoms with van der Waals surface area (Å²) in [5, 5.41) is 6.07. The molecule has 0 fully saturated rings. The third-order valence-corrected chi connectivity index (χ3v) is 3.86. The minimum Gasteiger partial charge on any atom is -0.339 e. The van der Waals surface area contributed by atoms with Gasteiger partial charge in [-0.25, -0.2) is 9.97 Å².